The predicted octanol–water partition coefficient (Wildman–Crippen LogP) is 1.15. The Hall–Kier alpha value is -1.64. The number of benzene rings is 1. The lowest BCUT2D eigenvalue weighted by Crippen LogP contribution is -2.33. The molecule has 1 aliphatic rings. The third-order valence-electron chi connectivity index (χ3n) is 4.12. The zero-order chi connectivity index (χ0) is 17.6. The van der Waals surface area contributed by atoms with Crippen LogP contribution in [0.4, 0.5) is 0 Å². The fourth-order valence-electron chi connectivity index (χ4n) is 2.78. The highest BCUT2D eigenvalue weighted by Gasteiger charge is 2.22. The molecule has 8 heteroatoms. The first kappa shape index (κ1) is 18.7. The highest BCUT2D eigenvalue weighted by atomic mass is 32.2. The number of hydrogen-bond donors (Lipinski definition) is 2. The molecule has 134 valence electrons. The van der Waals surface area contributed by atoms with E-state index in [-0.39, 0.29) is 16.2 Å². The van der Waals surface area contributed by atoms with Crippen molar-refractivity contribution < 1.29 is 22.7 Å². The van der Waals surface area contributed by atoms with E-state index in [0.717, 1.165) is 32.4 Å². The maximum Gasteiger partial charge on any atom is 0.337 e. The van der Waals surface area contributed by atoms with E-state index in [0.29, 0.717) is 12.5 Å². The fourth-order valence-corrected chi connectivity index (χ4v) is 3.98. The molecular weight excluding hydrogens is 332 g/mol. The number of hydrogen-bond acceptors (Lipinski definition) is 6. The average molecular weight is 356 g/mol. The molecule has 2 N–H and O–H groups in total. The van der Waals surface area contributed by atoms with E-state index in [4.69, 9.17) is 4.74 Å². The second-order valence-electron chi connectivity index (χ2n) is 5.76. The molecule has 1 aromatic rings. The third kappa shape index (κ3) is 4.68. The molecule has 0 bridgehead atoms. The van der Waals surface area contributed by atoms with Crippen molar-refractivity contribution in [1.29, 1.82) is 0 Å². The van der Waals surface area contributed by atoms with E-state index in [1.165, 1.54) is 32.4 Å². The van der Waals surface area contributed by atoms with E-state index in [1.807, 2.05) is 0 Å². The molecule has 1 aliphatic heterocycles. The van der Waals surface area contributed by atoms with Crippen LogP contribution in [0.15, 0.2) is 23.1 Å². The Kier molecular flexibility index (Phi) is 6.59. The van der Waals surface area contributed by atoms with Crippen LogP contribution >= 0.6 is 0 Å². The number of esters is 1. The Morgan fingerprint density at radius 2 is 2.17 bits per heavy atom. The average Bonchev–Trinajstić information content (AvgIpc) is 2.61. The fraction of sp³-hybridized carbons (Fsp3) is 0.562. The van der Waals surface area contributed by atoms with Gasteiger partial charge in [-0.15, -0.1) is 0 Å². The minimum atomic E-state index is -3.70. The number of rotatable bonds is 7. The summed E-state index contributed by atoms with van der Waals surface area (Å²) < 4.78 is 37.3. The van der Waals surface area contributed by atoms with Crippen LogP contribution < -0.4 is 14.8 Å². The zero-order valence-corrected chi connectivity index (χ0v) is 14.8. The van der Waals surface area contributed by atoms with E-state index in [9.17, 15) is 13.2 Å². The molecule has 0 aromatic heterocycles. The van der Waals surface area contributed by atoms with Gasteiger partial charge in [0.1, 0.15) is 10.6 Å². The largest absolute Gasteiger partial charge is 0.495 e. The van der Waals surface area contributed by atoms with Crippen molar-refractivity contribution in [2.24, 2.45) is 5.92 Å². The molecule has 0 spiro atoms. The van der Waals surface area contributed by atoms with Crippen molar-refractivity contribution >= 4 is 16.0 Å². The second-order valence-corrected chi connectivity index (χ2v) is 7.49. The molecule has 0 radical (unpaired) electrons. The molecule has 1 atom stereocenters. The summed E-state index contributed by atoms with van der Waals surface area (Å²) in [4.78, 5) is 11.6. The lowest BCUT2D eigenvalue weighted by atomic mass is 9.96. The van der Waals surface area contributed by atoms with Crippen LogP contribution in [0.3, 0.4) is 0 Å². The van der Waals surface area contributed by atoms with Gasteiger partial charge in [0, 0.05) is 6.54 Å². The predicted molar refractivity (Wildman–Crippen MR) is 89.7 cm³/mol. The Morgan fingerprint density at radius 3 is 2.79 bits per heavy atom. The van der Waals surface area contributed by atoms with E-state index in [2.05, 4.69) is 14.8 Å². The van der Waals surface area contributed by atoms with Gasteiger partial charge in [0.05, 0.1) is 19.8 Å². The van der Waals surface area contributed by atoms with E-state index in [1.54, 1.807) is 0 Å². The Morgan fingerprint density at radius 1 is 1.38 bits per heavy atom. The molecule has 1 fully saturated rings. The summed E-state index contributed by atoms with van der Waals surface area (Å²) in [5, 5.41) is 3.31. The van der Waals surface area contributed by atoms with Crippen molar-refractivity contribution in [2.45, 2.75) is 24.2 Å². The Bertz CT molecular complexity index is 669. The molecule has 24 heavy (non-hydrogen) atoms. The molecule has 0 saturated carbocycles. The summed E-state index contributed by atoms with van der Waals surface area (Å²) in [5.74, 6) is 0.0600. The van der Waals surface area contributed by atoms with Crippen molar-refractivity contribution in [3.05, 3.63) is 23.8 Å². The van der Waals surface area contributed by atoms with Gasteiger partial charge in [-0.25, -0.2) is 17.9 Å². The monoisotopic (exact) mass is 356 g/mol. The van der Waals surface area contributed by atoms with Gasteiger partial charge in [-0.2, -0.15) is 0 Å². The summed E-state index contributed by atoms with van der Waals surface area (Å²) in [5.41, 5.74) is 0.238. The molecule has 0 aliphatic carbocycles. The van der Waals surface area contributed by atoms with Crippen molar-refractivity contribution in [2.75, 3.05) is 33.9 Å². The van der Waals surface area contributed by atoms with Crippen molar-refractivity contribution in [3.63, 3.8) is 0 Å². The zero-order valence-electron chi connectivity index (χ0n) is 14.0. The molecule has 0 amide bonds. The van der Waals surface area contributed by atoms with Gasteiger partial charge in [0.25, 0.3) is 0 Å². The number of ether oxygens (including phenoxy) is 2. The molecule has 1 unspecified atom stereocenters. The molecule has 1 heterocycles. The summed E-state index contributed by atoms with van der Waals surface area (Å²) in [7, 11) is -1.07. The van der Waals surface area contributed by atoms with E-state index >= 15 is 0 Å². The van der Waals surface area contributed by atoms with Crippen LogP contribution in [0.5, 0.6) is 5.75 Å². The summed E-state index contributed by atoms with van der Waals surface area (Å²) in [6.07, 6.45) is 3.03. The molecule has 1 saturated heterocycles. The minimum Gasteiger partial charge on any atom is -0.495 e. The highest BCUT2D eigenvalue weighted by molar-refractivity contribution is 7.89. The van der Waals surface area contributed by atoms with Gasteiger partial charge < -0.3 is 14.8 Å². The second kappa shape index (κ2) is 8.46. The van der Waals surface area contributed by atoms with Crippen LogP contribution in [-0.4, -0.2) is 48.2 Å². The smallest absolute Gasteiger partial charge is 0.337 e. The number of piperidine rings is 1. The summed E-state index contributed by atoms with van der Waals surface area (Å²) >= 11 is 0. The van der Waals surface area contributed by atoms with Crippen molar-refractivity contribution in [1.82, 2.24) is 10.0 Å². The van der Waals surface area contributed by atoms with Gasteiger partial charge in [-0.05, 0) is 56.5 Å². The van der Waals surface area contributed by atoms with Crippen LogP contribution in [0.2, 0.25) is 0 Å². The Labute approximate surface area is 142 Å². The highest BCUT2D eigenvalue weighted by Crippen LogP contribution is 2.25. The van der Waals surface area contributed by atoms with Crippen LogP contribution in [0.1, 0.15) is 29.6 Å². The first-order chi connectivity index (χ1) is 11.5. The lowest BCUT2D eigenvalue weighted by Gasteiger charge is -2.22. The number of carbonyl (C=O) groups excluding carboxylic acids is 1. The molecule has 2 rings (SSSR count). The summed E-state index contributed by atoms with van der Waals surface area (Å²) in [6.45, 7) is 2.33. The van der Waals surface area contributed by atoms with Gasteiger partial charge in [0.2, 0.25) is 10.0 Å². The van der Waals surface area contributed by atoms with Gasteiger partial charge in [0.15, 0.2) is 0 Å². The SMILES string of the molecule is COC(=O)c1ccc(S(=O)(=O)NCCC2CCCNC2)c(OC)c1. The normalized spacial score (nSPS) is 18.2. The molecular formula is C16H24N2O5S. The quantitative estimate of drug-likeness (QED) is 0.712. The number of carbonyl (C=O) groups is 1. The first-order valence-corrected chi connectivity index (χ1v) is 9.43. The standard InChI is InChI=1S/C16H24N2O5S/c1-22-14-10-13(16(19)23-2)5-6-15(14)24(20,21)18-9-7-12-4-3-8-17-11-12/h5-6,10,12,17-18H,3-4,7-9,11H2,1-2H3. The Balaban J connectivity index is 2.06. The van der Waals surface area contributed by atoms with Crippen molar-refractivity contribution in [3.8, 4) is 5.75 Å². The lowest BCUT2D eigenvalue weighted by molar-refractivity contribution is 0.0600. The topological polar surface area (TPSA) is 93.7 Å². The maximum absolute atomic E-state index is 12.5. The van der Waals surface area contributed by atoms with Crippen LogP contribution in [0, 0.1) is 5.92 Å². The van der Waals surface area contributed by atoms with Gasteiger partial charge in [-0.3, -0.25) is 0 Å². The van der Waals surface area contributed by atoms with E-state index < -0.39 is 16.0 Å². The minimum absolute atomic E-state index is 0.0134. The van der Waals surface area contributed by atoms with Crippen LogP contribution in [0.25, 0.3) is 0 Å². The summed E-state index contributed by atoms with van der Waals surface area (Å²) in [6, 6.07) is 4.13. The number of nitrogens with one attached hydrogen (secondary N) is 2. The van der Waals surface area contributed by atoms with Gasteiger partial charge >= 0.3 is 5.97 Å². The van der Waals surface area contributed by atoms with Gasteiger partial charge in [-0.1, -0.05) is 0 Å². The third-order valence-corrected chi connectivity index (χ3v) is 5.62. The number of methoxy groups -OCH3 is 2. The molecule has 1 aromatic carbocycles. The molecule has 7 nitrogen and oxygen atoms in total. The first-order valence-electron chi connectivity index (χ1n) is 7.94. The maximum atomic E-state index is 12.5. The van der Waals surface area contributed by atoms with Crippen LogP contribution in [-0.2, 0) is 14.8 Å². The number of sulfonamides is 1.